The normalized spacial score (nSPS) is 19.6. The first-order valence-corrected chi connectivity index (χ1v) is 6.77. The van der Waals surface area contributed by atoms with Crippen molar-refractivity contribution in [3.05, 3.63) is 24.3 Å². The first-order chi connectivity index (χ1) is 9.53. The van der Waals surface area contributed by atoms with E-state index in [0.29, 0.717) is 5.92 Å². The van der Waals surface area contributed by atoms with Crippen molar-refractivity contribution in [2.75, 3.05) is 31.6 Å². The van der Waals surface area contributed by atoms with Crippen LogP contribution >= 0.6 is 0 Å². The Bertz CT molecular complexity index is 400. The molecule has 1 aliphatic rings. The zero-order valence-electron chi connectivity index (χ0n) is 11.2. The summed E-state index contributed by atoms with van der Waals surface area (Å²) >= 11 is 0. The Hall–Kier alpha value is -1.43. The van der Waals surface area contributed by atoms with Crippen LogP contribution in [0.1, 0.15) is 12.8 Å². The highest BCUT2D eigenvalue weighted by molar-refractivity contribution is 5.46. The van der Waals surface area contributed by atoms with Gasteiger partial charge in [0.05, 0.1) is 0 Å². The van der Waals surface area contributed by atoms with Crippen molar-refractivity contribution in [2.24, 2.45) is 5.92 Å². The van der Waals surface area contributed by atoms with E-state index < -0.39 is 12.8 Å². The van der Waals surface area contributed by atoms with Crippen LogP contribution in [0.5, 0.6) is 5.75 Å². The van der Waals surface area contributed by atoms with Gasteiger partial charge in [0.25, 0.3) is 0 Å². The molecule has 0 spiro atoms. The van der Waals surface area contributed by atoms with Crippen LogP contribution in [0.2, 0.25) is 0 Å². The van der Waals surface area contributed by atoms with Gasteiger partial charge in [0.2, 0.25) is 0 Å². The van der Waals surface area contributed by atoms with Crippen LogP contribution in [-0.2, 0) is 0 Å². The second-order valence-electron chi connectivity index (χ2n) is 5.02. The maximum atomic E-state index is 12.0. The molecule has 20 heavy (non-hydrogen) atoms. The van der Waals surface area contributed by atoms with Gasteiger partial charge in [0.1, 0.15) is 5.75 Å². The van der Waals surface area contributed by atoms with Crippen molar-refractivity contribution < 1.29 is 17.9 Å². The van der Waals surface area contributed by atoms with Crippen molar-refractivity contribution in [1.29, 1.82) is 0 Å². The molecule has 1 atom stereocenters. The highest BCUT2D eigenvalue weighted by Gasteiger charge is 2.28. The van der Waals surface area contributed by atoms with Crippen LogP contribution in [0, 0.1) is 5.92 Å². The Kier molecular flexibility index (Phi) is 5.11. The van der Waals surface area contributed by atoms with Gasteiger partial charge in [-0.25, -0.2) is 0 Å². The summed E-state index contributed by atoms with van der Waals surface area (Å²) in [6.45, 7) is 1.71. The number of alkyl halides is 3. The molecule has 1 unspecified atom stereocenters. The molecule has 2 rings (SSSR count). The second-order valence-corrected chi connectivity index (χ2v) is 5.02. The number of hydrogen-bond acceptors (Lipinski definition) is 3. The van der Waals surface area contributed by atoms with Crippen molar-refractivity contribution in [3.63, 3.8) is 0 Å². The van der Waals surface area contributed by atoms with Gasteiger partial charge in [0.15, 0.2) is 6.61 Å². The lowest BCUT2D eigenvalue weighted by atomic mass is 10.00. The fourth-order valence-electron chi connectivity index (χ4n) is 2.19. The zero-order chi connectivity index (χ0) is 14.4. The molecular weight excluding hydrogens is 269 g/mol. The molecule has 6 heteroatoms. The summed E-state index contributed by atoms with van der Waals surface area (Å²) in [7, 11) is 0. The van der Waals surface area contributed by atoms with E-state index in [4.69, 9.17) is 0 Å². The van der Waals surface area contributed by atoms with Gasteiger partial charge < -0.3 is 15.4 Å². The van der Waals surface area contributed by atoms with Crippen LogP contribution in [0.15, 0.2) is 24.3 Å². The molecule has 0 aromatic heterocycles. The maximum absolute atomic E-state index is 12.0. The van der Waals surface area contributed by atoms with Gasteiger partial charge in [0, 0.05) is 12.2 Å². The van der Waals surface area contributed by atoms with E-state index >= 15 is 0 Å². The maximum Gasteiger partial charge on any atom is 0.422 e. The van der Waals surface area contributed by atoms with Gasteiger partial charge in [-0.2, -0.15) is 13.2 Å². The monoisotopic (exact) mass is 288 g/mol. The number of piperidine rings is 1. The predicted molar refractivity (Wildman–Crippen MR) is 72.1 cm³/mol. The number of nitrogens with one attached hydrogen (secondary N) is 2. The molecule has 1 aliphatic heterocycles. The van der Waals surface area contributed by atoms with Crippen LogP contribution < -0.4 is 15.4 Å². The summed E-state index contributed by atoms with van der Waals surface area (Å²) in [5.41, 5.74) is 0.898. The standard InChI is InChI=1S/C14H19F3N2O/c15-14(16,17)10-20-13-5-3-12(4-6-13)19-9-11-2-1-7-18-8-11/h3-6,11,18-19H,1-2,7-10H2. The summed E-state index contributed by atoms with van der Waals surface area (Å²) in [6, 6.07) is 6.57. The van der Waals surface area contributed by atoms with E-state index in [9.17, 15) is 13.2 Å². The molecule has 0 amide bonds. The summed E-state index contributed by atoms with van der Waals surface area (Å²) < 4.78 is 40.7. The fourth-order valence-corrected chi connectivity index (χ4v) is 2.19. The molecule has 1 aromatic carbocycles. The Balaban J connectivity index is 1.76. The SMILES string of the molecule is FC(F)(F)COc1ccc(NCC2CCCNC2)cc1. The minimum absolute atomic E-state index is 0.229. The van der Waals surface area contributed by atoms with Crippen LogP contribution in [0.4, 0.5) is 18.9 Å². The highest BCUT2D eigenvalue weighted by Crippen LogP contribution is 2.20. The van der Waals surface area contributed by atoms with Crippen molar-refractivity contribution in [2.45, 2.75) is 19.0 Å². The third-order valence-corrected chi connectivity index (χ3v) is 3.25. The van der Waals surface area contributed by atoms with Crippen molar-refractivity contribution in [3.8, 4) is 5.75 Å². The Morgan fingerprint density at radius 1 is 1.25 bits per heavy atom. The first-order valence-electron chi connectivity index (χ1n) is 6.77. The molecule has 2 N–H and O–H groups in total. The third-order valence-electron chi connectivity index (χ3n) is 3.25. The van der Waals surface area contributed by atoms with Gasteiger partial charge in [-0.15, -0.1) is 0 Å². The van der Waals surface area contributed by atoms with Crippen molar-refractivity contribution >= 4 is 5.69 Å². The minimum Gasteiger partial charge on any atom is -0.484 e. The molecule has 1 heterocycles. The molecule has 1 aromatic rings. The Morgan fingerprint density at radius 3 is 2.60 bits per heavy atom. The Labute approximate surface area is 116 Å². The molecule has 1 saturated heterocycles. The predicted octanol–water partition coefficient (Wildman–Crippen LogP) is 3.04. The van der Waals surface area contributed by atoms with Gasteiger partial charge in [-0.3, -0.25) is 0 Å². The second kappa shape index (κ2) is 6.83. The lowest BCUT2D eigenvalue weighted by molar-refractivity contribution is -0.153. The van der Waals surface area contributed by atoms with Gasteiger partial charge >= 0.3 is 6.18 Å². The average molecular weight is 288 g/mol. The highest BCUT2D eigenvalue weighted by atomic mass is 19.4. The zero-order valence-corrected chi connectivity index (χ0v) is 11.2. The molecule has 3 nitrogen and oxygen atoms in total. The molecular formula is C14H19F3N2O. The number of hydrogen-bond donors (Lipinski definition) is 2. The summed E-state index contributed by atoms with van der Waals surface area (Å²) in [5, 5.41) is 6.64. The van der Waals surface area contributed by atoms with Crippen LogP contribution in [-0.4, -0.2) is 32.4 Å². The number of benzene rings is 1. The number of ether oxygens (including phenoxy) is 1. The van der Waals surface area contributed by atoms with E-state index in [0.717, 1.165) is 25.3 Å². The van der Waals surface area contributed by atoms with Crippen LogP contribution in [0.25, 0.3) is 0 Å². The van der Waals surface area contributed by atoms with Crippen LogP contribution in [0.3, 0.4) is 0 Å². The smallest absolute Gasteiger partial charge is 0.422 e. The first kappa shape index (κ1) is 15.0. The third kappa shape index (κ3) is 5.28. The quantitative estimate of drug-likeness (QED) is 0.873. The summed E-state index contributed by atoms with van der Waals surface area (Å²) in [5.74, 6) is 0.831. The lowest BCUT2D eigenvalue weighted by Gasteiger charge is -2.23. The molecule has 0 bridgehead atoms. The number of rotatable bonds is 5. The Morgan fingerprint density at radius 2 is 2.00 bits per heavy atom. The number of anilines is 1. The van der Waals surface area contributed by atoms with E-state index in [2.05, 4.69) is 15.4 Å². The average Bonchev–Trinajstić information content (AvgIpc) is 2.44. The summed E-state index contributed by atoms with van der Waals surface area (Å²) in [4.78, 5) is 0. The molecule has 0 radical (unpaired) electrons. The van der Waals surface area contributed by atoms with E-state index in [1.807, 2.05) is 0 Å². The number of halogens is 3. The van der Waals surface area contributed by atoms with E-state index in [1.165, 1.54) is 12.8 Å². The minimum atomic E-state index is -4.30. The molecule has 1 fully saturated rings. The molecule has 0 aliphatic carbocycles. The molecule has 112 valence electrons. The molecule has 0 saturated carbocycles. The lowest BCUT2D eigenvalue weighted by Crippen LogP contribution is -2.33. The largest absolute Gasteiger partial charge is 0.484 e. The van der Waals surface area contributed by atoms with Crippen molar-refractivity contribution in [1.82, 2.24) is 5.32 Å². The van der Waals surface area contributed by atoms with Gasteiger partial charge in [-0.05, 0) is 56.1 Å². The van der Waals surface area contributed by atoms with Gasteiger partial charge in [-0.1, -0.05) is 0 Å². The fraction of sp³-hybridized carbons (Fsp3) is 0.571. The van der Waals surface area contributed by atoms with E-state index in [-0.39, 0.29) is 5.75 Å². The van der Waals surface area contributed by atoms with E-state index in [1.54, 1.807) is 24.3 Å². The summed E-state index contributed by atoms with van der Waals surface area (Å²) in [6.07, 6.45) is -1.91. The topological polar surface area (TPSA) is 33.3 Å².